The second kappa shape index (κ2) is 8.29. The van der Waals surface area contributed by atoms with Gasteiger partial charge in [-0.2, -0.15) is 0 Å². The predicted molar refractivity (Wildman–Crippen MR) is 98.8 cm³/mol. The Morgan fingerprint density at radius 1 is 1.04 bits per heavy atom. The van der Waals surface area contributed by atoms with E-state index in [1.54, 1.807) is 12.1 Å². The molecular formula is C20H22N2O4. The van der Waals surface area contributed by atoms with Gasteiger partial charge in [-0.25, -0.2) is 0 Å². The number of nitrogens with one attached hydrogen (secondary N) is 1. The average Bonchev–Trinajstić information content (AvgIpc) is 2.58. The maximum atomic E-state index is 12.1. The second-order valence-electron chi connectivity index (χ2n) is 6.16. The summed E-state index contributed by atoms with van der Waals surface area (Å²) in [6, 6.07) is 11.9. The van der Waals surface area contributed by atoms with Crippen LogP contribution in [0.3, 0.4) is 0 Å². The third-order valence-corrected chi connectivity index (χ3v) is 4.03. The van der Waals surface area contributed by atoms with Crippen molar-refractivity contribution in [3.8, 4) is 0 Å². The van der Waals surface area contributed by atoms with E-state index < -0.39 is 23.9 Å². The van der Waals surface area contributed by atoms with E-state index in [-0.39, 0.29) is 6.42 Å². The van der Waals surface area contributed by atoms with Crippen LogP contribution in [0.2, 0.25) is 0 Å². The van der Waals surface area contributed by atoms with E-state index >= 15 is 0 Å². The number of aryl methyl sites for hydroxylation is 2. The topological polar surface area (TPSA) is 98.5 Å². The zero-order chi connectivity index (χ0) is 19.3. The first kappa shape index (κ1) is 19.2. The minimum Gasteiger partial charge on any atom is -0.452 e. The Balaban J connectivity index is 1.90. The molecule has 0 saturated heterocycles. The van der Waals surface area contributed by atoms with Crippen LogP contribution < -0.4 is 11.1 Å². The highest BCUT2D eigenvalue weighted by Crippen LogP contribution is 2.12. The van der Waals surface area contributed by atoms with Gasteiger partial charge in [-0.15, -0.1) is 0 Å². The van der Waals surface area contributed by atoms with Gasteiger partial charge in [0, 0.05) is 11.3 Å². The molecular weight excluding hydrogens is 332 g/mol. The quantitative estimate of drug-likeness (QED) is 0.779. The molecule has 2 aromatic rings. The zero-order valence-electron chi connectivity index (χ0n) is 15.0. The molecule has 3 N–H and O–H groups in total. The summed E-state index contributed by atoms with van der Waals surface area (Å²) in [4.78, 5) is 35.2. The van der Waals surface area contributed by atoms with Crippen molar-refractivity contribution in [3.63, 3.8) is 0 Å². The molecule has 0 bridgehead atoms. The van der Waals surface area contributed by atoms with E-state index in [1.165, 1.54) is 19.1 Å². The Kier molecular flexibility index (Phi) is 6.11. The molecule has 6 nitrogen and oxygen atoms in total. The van der Waals surface area contributed by atoms with Gasteiger partial charge in [0.05, 0.1) is 6.42 Å². The van der Waals surface area contributed by atoms with Crippen molar-refractivity contribution in [1.29, 1.82) is 0 Å². The number of hydrogen-bond acceptors (Lipinski definition) is 4. The molecule has 26 heavy (non-hydrogen) atoms. The van der Waals surface area contributed by atoms with Gasteiger partial charge in [-0.3, -0.25) is 14.4 Å². The largest absolute Gasteiger partial charge is 0.452 e. The van der Waals surface area contributed by atoms with Crippen molar-refractivity contribution in [2.75, 3.05) is 5.32 Å². The first-order valence-corrected chi connectivity index (χ1v) is 8.22. The molecule has 2 rings (SSSR count). The van der Waals surface area contributed by atoms with Crippen molar-refractivity contribution >= 4 is 23.5 Å². The van der Waals surface area contributed by atoms with Crippen LogP contribution in [0.25, 0.3) is 0 Å². The Bertz CT molecular complexity index is 828. The Hall–Kier alpha value is -3.15. The number of carbonyl (C=O) groups is 3. The minimum absolute atomic E-state index is 0.103. The zero-order valence-corrected chi connectivity index (χ0v) is 15.0. The predicted octanol–water partition coefficient (Wildman–Crippen LogP) is 2.52. The summed E-state index contributed by atoms with van der Waals surface area (Å²) in [6.07, 6.45) is -0.837. The number of carbonyl (C=O) groups excluding carboxylic acids is 3. The van der Waals surface area contributed by atoms with E-state index in [0.29, 0.717) is 11.3 Å². The first-order valence-electron chi connectivity index (χ1n) is 8.22. The molecule has 0 unspecified atom stereocenters. The number of benzene rings is 2. The summed E-state index contributed by atoms with van der Waals surface area (Å²) in [5, 5.41) is 2.63. The highest BCUT2D eigenvalue weighted by atomic mass is 16.5. The van der Waals surface area contributed by atoms with Crippen LogP contribution in [0.15, 0.2) is 42.5 Å². The summed E-state index contributed by atoms with van der Waals surface area (Å²) >= 11 is 0. The molecule has 1 atom stereocenters. The summed E-state index contributed by atoms with van der Waals surface area (Å²) < 4.78 is 5.20. The van der Waals surface area contributed by atoms with Crippen LogP contribution >= 0.6 is 0 Å². The van der Waals surface area contributed by atoms with Gasteiger partial charge in [-0.05, 0) is 61.7 Å². The van der Waals surface area contributed by atoms with Gasteiger partial charge in [0.15, 0.2) is 6.10 Å². The van der Waals surface area contributed by atoms with Crippen LogP contribution in [0.5, 0.6) is 0 Å². The van der Waals surface area contributed by atoms with E-state index in [9.17, 15) is 14.4 Å². The smallest absolute Gasteiger partial charge is 0.311 e. The SMILES string of the molecule is Cc1ccc(CC(=O)O[C@@H](C)C(=O)Nc2ccc(C(N)=O)cc2)cc1C. The van der Waals surface area contributed by atoms with Crippen molar-refractivity contribution in [3.05, 3.63) is 64.7 Å². The van der Waals surface area contributed by atoms with Gasteiger partial charge >= 0.3 is 5.97 Å². The molecule has 2 aromatic carbocycles. The number of ether oxygens (including phenoxy) is 1. The summed E-state index contributed by atoms with van der Waals surface area (Å²) in [5.74, 6) is -1.47. The average molecular weight is 354 g/mol. The lowest BCUT2D eigenvalue weighted by atomic mass is 10.0. The molecule has 0 saturated carbocycles. The fourth-order valence-corrected chi connectivity index (χ4v) is 2.33. The van der Waals surface area contributed by atoms with E-state index in [4.69, 9.17) is 10.5 Å². The van der Waals surface area contributed by atoms with Gasteiger partial charge in [-0.1, -0.05) is 18.2 Å². The highest BCUT2D eigenvalue weighted by molar-refractivity contribution is 5.96. The molecule has 0 radical (unpaired) electrons. The first-order chi connectivity index (χ1) is 12.3. The van der Waals surface area contributed by atoms with Crippen molar-refractivity contribution in [2.24, 2.45) is 5.73 Å². The van der Waals surface area contributed by atoms with Crippen molar-refractivity contribution in [2.45, 2.75) is 33.3 Å². The molecule has 6 heteroatoms. The lowest BCUT2D eigenvalue weighted by Crippen LogP contribution is -2.30. The fourth-order valence-electron chi connectivity index (χ4n) is 2.33. The normalized spacial score (nSPS) is 11.5. The number of amides is 2. The molecule has 136 valence electrons. The third kappa shape index (κ3) is 5.17. The summed E-state index contributed by atoms with van der Waals surface area (Å²) in [7, 11) is 0. The van der Waals surface area contributed by atoms with Gasteiger partial charge in [0.1, 0.15) is 0 Å². The molecule has 0 fully saturated rings. The second-order valence-corrected chi connectivity index (χ2v) is 6.16. The lowest BCUT2D eigenvalue weighted by molar-refractivity contribution is -0.152. The number of anilines is 1. The van der Waals surface area contributed by atoms with Gasteiger partial charge < -0.3 is 15.8 Å². The summed E-state index contributed by atoms with van der Waals surface area (Å²) in [6.45, 7) is 5.48. The van der Waals surface area contributed by atoms with Crippen molar-refractivity contribution < 1.29 is 19.1 Å². The summed E-state index contributed by atoms with van der Waals surface area (Å²) in [5.41, 5.74) is 9.08. The molecule has 2 amide bonds. The lowest BCUT2D eigenvalue weighted by Gasteiger charge is -2.14. The molecule has 0 aliphatic carbocycles. The monoisotopic (exact) mass is 354 g/mol. The maximum absolute atomic E-state index is 12.1. The molecule has 0 aromatic heterocycles. The van der Waals surface area contributed by atoms with E-state index in [0.717, 1.165) is 16.7 Å². The van der Waals surface area contributed by atoms with Crippen LogP contribution in [0.4, 0.5) is 5.69 Å². The van der Waals surface area contributed by atoms with E-state index in [1.807, 2.05) is 32.0 Å². The van der Waals surface area contributed by atoms with Crippen LogP contribution in [-0.2, 0) is 20.7 Å². The van der Waals surface area contributed by atoms with Crippen LogP contribution in [-0.4, -0.2) is 23.9 Å². The number of nitrogens with two attached hydrogens (primary N) is 1. The Morgan fingerprint density at radius 3 is 2.27 bits per heavy atom. The van der Waals surface area contributed by atoms with E-state index in [2.05, 4.69) is 5.32 Å². The van der Waals surface area contributed by atoms with Gasteiger partial charge in [0.2, 0.25) is 5.91 Å². The third-order valence-electron chi connectivity index (χ3n) is 4.03. The standard InChI is InChI=1S/C20H22N2O4/c1-12-4-5-15(10-13(12)2)11-18(23)26-14(3)20(25)22-17-8-6-16(7-9-17)19(21)24/h4-10,14H,11H2,1-3H3,(H2,21,24)(H,22,25)/t14-/m0/s1. The number of primary amides is 1. The van der Waals surface area contributed by atoms with Crippen LogP contribution in [0.1, 0.15) is 34.0 Å². The fraction of sp³-hybridized carbons (Fsp3) is 0.250. The Morgan fingerprint density at radius 2 is 1.69 bits per heavy atom. The number of rotatable bonds is 6. The molecule has 0 heterocycles. The molecule has 0 aliphatic rings. The number of esters is 1. The molecule has 0 aliphatic heterocycles. The Labute approximate surface area is 152 Å². The van der Waals surface area contributed by atoms with Crippen molar-refractivity contribution in [1.82, 2.24) is 0 Å². The van der Waals surface area contributed by atoms with Crippen LogP contribution in [0, 0.1) is 13.8 Å². The number of hydrogen-bond donors (Lipinski definition) is 2. The molecule has 0 spiro atoms. The highest BCUT2D eigenvalue weighted by Gasteiger charge is 2.18. The minimum atomic E-state index is -0.940. The maximum Gasteiger partial charge on any atom is 0.311 e. The van der Waals surface area contributed by atoms with Gasteiger partial charge in [0.25, 0.3) is 5.91 Å².